The number of amides is 1. The summed E-state index contributed by atoms with van der Waals surface area (Å²) < 4.78 is 30.0. The minimum absolute atomic E-state index is 0.0269. The summed E-state index contributed by atoms with van der Waals surface area (Å²) in [6.45, 7) is 6.35. The predicted octanol–water partition coefficient (Wildman–Crippen LogP) is 5.72. The van der Waals surface area contributed by atoms with Gasteiger partial charge in [-0.3, -0.25) is 4.79 Å². The zero-order valence-corrected chi connectivity index (χ0v) is 24.7. The molecular formula is C29H26ClF2N11O. The Morgan fingerprint density at radius 3 is 2.68 bits per heavy atom. The van der Waals surface area contributed by atoms with Gasteiger partial charge in [-0.05, 0) is 44.5 Å². The number of carbonyl (C=O) groups is 1. The molecular weight excluding hydrogens is 592 g/mol. The number of pyridine rings is 2. The maximum absolute atomic E-state index is 15.4. The number of anilines is 2. The predicted molar refractivity (Wildman–Crippen MR) is 161 cm³/mol. The van der Waals surface area contributed by atoms with Gasteiger partial charge in [0, 0.05) is 60.2 Å². The van der Waals surface area contributed by atoms with Crippen molar-refractivity contribution in [3.8, 4) is 17.3 Å². The van der Waals surface area contributed by atoms with Crippen LogP contribution in [-0.4, -0.2) is 63.0 Å². The quantitative estimate of drug-likeness (QED) is 0.156. The molecule has 3 aromatic heterocycles. The molecule has 0 spiro atoms. The molecule has 1 aromatic carbocycles. The van der Waals surface area contributed by atoms with E-state index < -0.39 is 17.7 Å². The second-order valence-corrected chi connectivity index (χ2v) is 10.7. The third kappa shape index (κ3) is 6.01. The highest BCUT2D eigenvalue weighted by molar-refractivity contribution is 6.35. The third-order valence-electron chi connectivity index (χ3n) is 7.38. The van der Waals surface area contributed by atoms with Crippen LogP contribution in [0.1, 0.15) is 36.7 Å². The topological polar surface area (TPSA) is 160 Å². The highest BCUT2D eigenvalue weighted by atomic mass is 35.5. The van der Waals surface area contributed by atoms with E-state index in [-0.39, 0.29) is 45.8 Å². The van der Waals surface area contributed by atoms with E-state index in [2.05, 4.69) is 35.3 Å². The minimum atomic E-state index is -0.643. The number of carbonyl (C=O) groups excluding carboxylic acids is 1. The molecule has 1 aliphatic rings. The summed E-state index contributed by atoms with van der Waals surface area (Å²) in [5.74, 6) is -0.988. The zero-order chi connectivity index (χ0) is 31.5. The molecule has 5 rings (SSSR count). The molecule has 0 bridgehead atoms. The van der Waals surface area contributed by atoms with E-state index in [4.69, 9.17) is 17.1 Å². The van der Waals surface area contributed by atoms with E-state index in [9.17, 15) is 14.4 Å². The first-order valence-electron chi connectivity index (χ1n) is 13.6. The van der Waals surface area contributed by atoms with Crippen molar-refractivity contribution in [3.63, 3.8) is 0 Å². The third-order valence-corrected chi connectivity index (χ3v) is 7.84. The number of halogens is 3. The molecule has 15 heteroatoms. The standard InChI is InChI=1S/C29H26ClF2N11O/c1-15-14-42(6-7-43(15)24(44)13-37-41-34)29-35-11-19(12-36-29)26-22(32)9-23-27(40-26)28(25(30)17(3)38-23)39-16(2)20-8-18(10-33)4-5-21(20)31/h4-5,8-9,11-12,15-16H,6-7,13-14H2,1-3H3,(H,38,39)/t15-,16-/m1/s1. The molecule has 4 heterocycles. The molecule has 1 amide bonds. The number of nitrogens with zero attached hydrogens (tertiary/aromatic N) is 10. The molecule has 0 saturated carbocycles. The van der Waals surface area contributed by atoms with Crippen LogP contribution in [0.3, 0.4) is 0 Å². The molecule has 12 nitrogen and oxygen atoms in total. The van der Waals surface area contributed by atoms with Gasteiger partial charge in [-0.25, -0.2) is 28.7 Å². The lowest BCUT2D eigenvalue weighted by molar-refractivity contribution is -0.132. The van der Waals surface area contributed by atoms with E-state index in [0.29, 0.717) is 48.1 Å². The van der Waals surface area contributed by atoms with Crippen molar-refractivity contribution in [2.24, 2.45) is 5.11 Å². The number of rotatable bonds is 7. The van der Waals surface area contributed by atoms with E-state index in [1.807, 2.05) is 17.9 Å². The second kappa shape index (κ2) is 12.6. The maximum atomic E-state index is 15.4. The van der Waals surface area contributed by atoms with Crippen LogP contribution in [0.5, 0.6) is 0 Å². The molecule has 0 radical (unpaired) electrons. The average Bonchev–Trinajstić information content (AvgIpc) is 3.02. The van der Waals surface area contributed by atoms with Gasteiger partial charge in [0.05, 0.1) is 39.6 Å². The van der Waals surface area contributed by atoms with Gasteiger partial charge in [-0.15, -0.1) is 0 Å². The molecule has 2 atom stereocenters. The number of piperazine rings is 1. The number of aromatic nitrogens is 4. The Morgan fingerprint density at radius 2 is 2.00 bits per heavy atom. The van der Waals surface area contributed by atoms with E-state index in [0.717, 1.165) is 0 Å². The second-order valence-electron chi connectivity index (χ2n) is 10.3. The number of hydrogen-bond acceptors (Lipinski definition) is 9. The summed E-state index contributed by atoms with van der Waals surface area (Å²) >= 11 is 6.63. The summed E-state index contributed by atoms with van der Waals surface area (Å²) in [6, 6.07) is 6.53. The summed E-state index contributed by atoms with van der Waals surface area (Å²) in [4.78, 5) is 36.3. The first-order valence-corrected chi connectivity index (χ1v) is 14.0. The molecule has 1 saturated heterocycles. The lowest BCUT2D eigenvalue weighted by Gasteiger charge is -2.39. The van der Waals surface area contributed by atoms with Gasteiger partial charge in [-0.1, -0.05) is 16.7 Å². The summed E-state index contributed by atoms with van der Waals surface area (Å²) in [7, 11) is 0. The normalized spacial score (nSPS) is 15.4. The number of azide groups is 1. The van der Waals surface area contributed by atoms with Crippen molar-refractivity contribution >= 4 is 40.2 Å². The number of nitriles is 1. The fourth-order valence-electron chi connectivity index (χ4n) is 5.14. The van der Waals surface area contributed by atoms with E-state index in [1.54, 1.807) is 18.7 Å². The Bertz CT molecular complexity index is 1840. The van der Waals surface area contributed by atoms with Crippen molar-refractivity contribution in [1.29, 1.82) is 5.26 Å². The van der Waals surface area contributed by atoms with Crippen molar-refractivity contribution in [2.75, 3.05) is 36.4 Å². The van der Waals surface area contributed by atoms with Gasteiger partial charge in [0.25, 0.3) is 0 Å². The summed E-state index contributed by atoms with van der Waals surface area (Å²) in [5.41, 5.74) is 10.6. The van der Waals surface area contributed by atoms with E-state index >= 15 is 4.39 Å². The Kier molecular flexibility index (Phi) is 8.71. The molecule has 0 unspecified atom stereocenters. The minimum Gasteiger partial charge on any atom is -0.375 e. The number of benzene rings is 1. The lowest BCUT2D eigenvalue weighted by atomic mass is 10.0. The molecule has 44 heavy (non-hydrogen) atoms. The summed E-state index contributed by atoms with van der Waals surface area (Å²) in [6.07, 6.45) is 2.93. The molecule has 224 valence electrons. The fraction of sp³-hybridized carbons (Fsp3) is 0.310. The molecule has 1 N–H and O–H groups in total. The average molecular weight is 618 g/mol. The number of fused-ring (bicyclic) bond motifs is 1. The van der Waals surface area contributed by atoms with Gasteiger partial charge in [-0.2, -0.15) is 5.26 Å². The van der Waals surface area contributed by atoms with Crippen LogP contribution in [0.25, 0.3) is 32.7 Å². The van der Waals surface area contributed by atoms with Gasteiger partial charge in [0.1, 0.15) is 23.6 Å². The van der Waals surface area contributed by atoms with Gasteiger partial charge in [0.2, 0.25) is 11.9 Å². The smallest absolute Gasteiger partial charge is 0.228 e. The van der Waals surface area contributed by atoms with Crippen LogP contribution in [0.4, 0.5) is 20.4 Å². The number of aryl methyl sites for hydroxylation is 1. The fourth-order valence-corrected chi connectivity index (χ4v) is 5.32. The van der Waals surface area contributed by atoms with Crippen LogP contribution in [0.2, 0.25) is 5.02 Å². The van der Waals surface area contributed by atoms with Crippen molar-refractivity contribution in [3.05, 3.63) is 80.6 Å². The SMILES string of the molecule is Cc1nc2cc(F)c(-c3cnc(N4CCN(C(=O)CN=[N+]=[N-])[C@H](C)C4)nc3)nc2c(N[C@H](C)c2cc(C#N)ccc2F)c1Cl. The summed E-state index contributed by atoms with van der Waals surface area (Å²) in [5, 5.41) is 16.0. The van der Waals surface area contributed by atoms with Crippen LogP contribution in [0.15, 0.2) is 41.8 Å². The Morgan fingerprint density at radius 1 is 1.25 bits per heavy atom. The zero-order valence-electron chi connectivity index (χ0n) is 24.0. The van der Waals surface area contributed by atoms with E-state index in [1.165, 1.54) is 36.7 Å². The molecule has 1 fully saturated rings. The van der Waals surface area contributed by atoms with Gasteiger partial charge >= 0.3 is 0 Å². The van der Waals surface area contributed by atoms with Gasteiger partial charge in [0.15, 0.2) is 5.82 Å². The van der Waals surface area contributed by atoms with Crippen LogP contribution in [-0.2, 0) is 4.79 Å². The highest BCUT2D eigenvalue weighted by Gasteiger charge is 2.28. The van der Waals surface area contributed by atoms with Crippen molar-refractivity contribution in [2.45, 2.75) is 32.9 Å². The first-order chi connectivity index (χ1) is 21.1. The van der Waals surface area contributed by atoms with Crippen molar-refractivity contribution in [1.82, 2.24) is 24.8 Å². The number of hydrogen-bond donors (Lipinski definition) is 1. The van der Waals surface area contributed by atoms with Crippen LogP contribution in [0, 0.1) is 29.9 Å². The first kappa shape index (κ1) is 30.3. The Labute approximate surface area is 256 Å². The number of nitrogens with one attached hydrogen (secondary N) is 1. The lowest BCUT2D eigenvalue weighted by Crippen LogP contribution is -2.55. The molecule has 1 aliphatic heterocycles. The van der Waals surface area contributed by atoms with Crippen LogP contribution >= 0.6 is 11.6 Å². The Hall–Kier alpha value is -5.12. The monoisotopic (exact) mass is 617 g/mol. The largest absolute Gasteiger partial charge is 0.375 e. The van der Waals surface area contributed by atoms with Gasteiger partial charge < -0.3 is 15.1 Å². The highest BCUT2D eigenvalue weighted by Crippen LogP contribution is 2.36. The Balaban J connectivity index is 1.43. The van der Waals surface area contributed by atoms with Crippen molar-refractivity contribution < 1.29 is 13.6 Å². The van der Waals surface area contributed by atoms with Crippen LogP contribution < -0.4 is 10.2 Å². The molecule has 4 aromatic rings. The molecule has 0 aliphatic carbocycles. The maximum Gasteiger partial charge on any atom is 0.228 e.